The molecule has 1 aromatic rings. The lowest BCUT2D eigenvalue weighted by molar-refractivity contribution is 0.613. The van der Waals surface area contributed by atoms with Crippen LogP contribution in [0, 0.1) is 0 Å². The van der Waals surface area contributed by atoms with Crippen LogP contribution >= 0.6 is 11.6 Å². The maximum absolute atomic E-state index is 6.02. The van der Waals surface area contributed by atoms with Crippen molar-refractivity contribution in [3.05, 3.63) is 34.6 Å². The van der Waals surface area contributed by atoms with E-state index in [1.165, 1.54) is 5.57 Å². The van der Waals surface area contributed by atoms with E-state index < -0.39 is 0 Å². The summed E-state index contributed by atoms with van der Waals surface area (Å²) in [4.78, 5) is 3.96. The van der Waals surface area contributed by atoms with Crippen LogP contribution in [0.5, 0.6) is 0 Å². The fraction of sp³-hybridized carbons (Fsp3) is 0.364. The average Bonchev–Trinajstić information content (AvgIpc) is 2.23. The molecule has 0 atom stereocenters. The minimum atomic E-state index is 0.735. The van der Waals surface area contributed by atoms with E-state index in [1.807, 2.05) is 6.07 Å². The molecule has 2 rings (SSSR count). The predicted molar refractivity (Wildman–Crippen MR) is 59.3 cm³/mol. The van der Waals surface area contributed by atoms with Gasteiger partial charge in [0.25, 0.3) is 0 Å². The summed E-state index contributed by atoms with van der Waals surface area (Å²) < 4.78 is 0. The van der Waals surface area contributed by atoms with Gasteiger partial charge in [0.1, 0.15) is 0 Å². The number of hydrogen-bond donors (Lipinski definition) is 1. The number of piperidine rings is 1. The Bertz CT molecular complexity index is 339. The monoisotopic (exact) mass is 208 g/mol. The summed E-state index contributed by atoms with van der Waals surface area (Å²) in [5.74, 6) is 0. The van der Waals surface area contributed by atoms with Crippen LogP contribution in [0.2, 0.25) is 5.02 Å². The van der Waals surface area contributed by atoms with Gasteiger partial charge in [0.15, 0.2) is 0 Å². The molecule has 1 aromatic heterocycles. The molecule has 2 heterocycles. The van der Waals surface area contributed by atoms with E-state index in [0.717, 1.165) is 36.5 Å². The van der Waals surface area contributed by atoms with Gasteiger partial charge in [0, 0.05) is 12.4 Å². The van der Waals surface area contributed by atoms with Crippen LogP contribution in [0.1, 0.15) is 18.4 Å². The van der Waals surface area contributed by atoms with Gasteiger partial charge in [-0.2, -0.15) is 0 Å². The molecule has 0 aliphatic carbocycles. The number of halogens is 1. The molecule has 74 valence electrons. The van der Waals surface area contributed by atoms with Crippen LogP contribution in [0.4, 0.5) is 0 Å². The van der Waals surface area contributed by atoms with Crippen molar-refractivity contribution < 1.29 is 0 Å². The van der Waals surface area contributed by atoms with Gasteiger partial charge < -0.3 is 5.32 Å². The summed E-state index contributed by atoms with van der Waals surface area (Å²) in [5, 5.41) is 4.06. The lowest BCUT2D eigenvalue weighted by Crippen LogP contribution is -2.22. The second-order valence-electron chi connectivity index (χ2n) is 3.45. The largest absolute Gasteiger partial charge is 0.316 e. The Morgan fingerprint density at radius 1 is 1.36 bits per heavy atom. The lowest BCUT2D eigenvalue weighted by atomic mass is 10.0. The average molecular weight is 209 g/mol. The summed E-state index contributed by atoms with van der Waals surface area (Å²) in [6.07, 6.45) is 7.90. The molecule has 0 radical (unpaired) electrons. The summed E-state index contributed by atoms with van der Waals surface area (Å²) in [6, 6.07) is 1.96. The summed E-state index contributed by atoms with van der Waals surface area (Å²) in [5.41, 5.74) is 2.55. The molecule has 1 saturated heterocycles. The molecule has 2 nitrogen and oxygen atoms in total. The summed E-state index contributed by atoms with van der Waals surface area (Å²) in [6.45, 7) is 2.16. The Morgan fingerprint density at radius 3 is 2.86 bits per heavy atom. The highest BCUT2D eigenvalue weighted by atomic mass is 35.5. The summed E-state index contributed by atoms with van der Waals surface area (Å²) in [7, 11) is 0. The fourth-order valence-electron chi connectivity index (χ4n) is 1.62. The van der Waals surface area contributed by atoms with E-state index in [-0.39, 0.29) is 0 Å². The zero-order valence-electron chi connectivity index (χ0n) is 7.96. The molecule has 0 bridgehead atoms. The van der Waals surface area contributed by atoms with Crippen LogP contribution in [-0.4, -0.2) is 18.1 Å². The molecule has 0 saturated carbocycles. The van der Waals surface area contributed by atoms with Crippen molar-refractivity contribution in [3.63, 3.8) is 0 Å². The highest BCUT2D eigenvalue weighted by molar-refractivity contribution is 6.31. The lowest BCUT2D eigenvalue weighted by Gasteiger charge is -2.15. The number of aromatic nitrogens is 1. The van der Waals surface area contributed by atoms with E-state index in [0.29, 0.717) is 0 Å². The maximum Gasteiger partial charge on any atom is 0.0661 e. The van der Waals surface area contributed by atoms with Gasteiger partial charge in [0.2, 0.25) is 0 Å². The normalized spacial score (nSPS) is 16.8. The molecule has 1 aliphatic rings. The van der Waals surface area contributed by atoms with Gasteiger partial charge >= 0.3 is 0 Å². The number of hydrogen-bond acceptors (Lipinski definition) is 2. The van der Waals surface area contributed by atoms with E-state index >= 15 is 0 Å². The van der Waals surface area contributed by atoms with Crippen molar-refractivity contribution in [3.8, 4) is 0 Å². The van der Waals surface area contributed by atoms with E-state index in [2.05, 4.69) is 16.4 Å². The molecule has 14 heavy (non-hydrogen) atoms. The van der Waals surface area contributed by atoms with Gasteiger partial charge in [-0.1, -0.05) is 23.3 Å². The highest BCUT2D eigenvalue weighted by Crippen LogP contribution is 2.20. The Kier molecular flexibility index (Phi) is 3.17. The third kappa shape index (κ3) is 2.34. The zero-order chi connectivity index (χ0) is 9.80. The topological polar surface area (TPSA) is 24.9 Å². The van der Waals surface area contributed by atoms with Gasteiger partial charge in [0.05, 0.1) is 5.02 Å². The second kappa shape index (κ2) is 4.58. The standard InChI is InChI=1S/C11H13ClN2/c12-11-8-14-6-3-10(11)7-9-1-4-13-5-2-9/h3,6-8,13H,1-2,4-5H2. The fourth-order valence-corrected chi connectivity index (χ4v) is 1.79. The van der Waals surface area contributed by atoms with Gasteiger partial charge in [-0.25, -0.2) is 0 Å². The Labute approximate surface area is 89.0 Å². The third-order valence-corrected chi connectivity index (χ3v) is 2.73. The maximum atomic E-state index is 6.02. The van der Waals surface area contributed by atoms with Gasteiger partial charge in [-0.05, 0) is 37.6 Å². The minimum absolute atomic E-state index is 0.735. The molecule has 0 spiro atoms. The van der Waals surface area contributed by atoms with Gasteiger partial charge in [-0.15, -0.1) is 0 Å². The second-order valence-corrected chi connectivity index (χ2v) is 3.86. The molecule has 0 amide bonds. The first-order chi connectivity index (χ1) is 6.86. The molecular formula is C11H13ClN2. The van der Waals surface area contributed by atoms with Crippen molar-refractivity contribution in [1.29, 1.82) is 0 Å². The number of rotatable bonds is 1. The smallest absolute Gasteiger partial charge is 0.0661 e. The Morgan fingerprint density at radius 2 is 2.14 bits per heavy atom. The van der Waals surface area contributed by atoms with E-state index in [1.54, 1.807) is 12.4 Å². The van der Waals surface area contributed by atoms with Crippen molar-refractivity contribution in [2.24, 2.45) is 0 Å². The first-order valence-corrected chi connectivity index (χ1v) is 5.24. The van der Waals surface area contributed by atoms with Crippen LogP contribution in [0.3, 0.4) is 0 Å². The molecule has 1 aliphatic heterocycles. The zero-order valence-corrected chi connectivity index (χ0v) is 8.72. The SMILES string of the molecule is Clc1cnccc1C=C1CCNCC1. The van der Waals surface area contributed by atoms with Crippen molar-refractivity contribution >= 4 is 17.7 Å². The molecular weight excluding hydrogens is 196 g/mol. The highest BCUT2D eigenvalue weighted by Gasteiger charge is 2.05. The van der Waals surface area contributed by atoms with E-state index in [9.17, 15) is 0 Å². The van der Waals surface area contributed by atoms with Crippen LogP contribution in [0.25, 0.3) is 6.08 Å². The number of pyridine rings is 1. The first kappa shape index (κ1) is 9.69. The molecule has 0 aromatic carbocycles. The number of nitrogens with zero attached hydrogens (tertiary/aromatic N) is 1. The Balaban J connectivity index is 2.19. The quantitative estimate of drug-likeness (QED) is 0.767. The van der Waals surface area contributed by atoms with Crippen molar-refractivity contribution in [2.45, 2.75) is 12.8 Å². The molecule has 3 heteroatoms. The van der Waals surface area contributed by atoms with Crippen LogP contribution in [-0.2, 0) is 0 Å². The Hall–Kier alpha value is -0.860. The molecule has 1 N–H and O–H groups in total. The predicted octanol–water partition coefficient (Wildman–Crippen LogP) is 2.50. The van der Waals surface area contributed by atoms with Gasteiger partial charge in [-0.3, -0.25) is 4.98 Å². The first-order valence-electron chi connectivity index (χ1n) is 4.86. The van der Waals surface area contributed by atoms with Crippen LogP contribution < -0.4 is 5.32 Å². The molecule has 1 fully saturated rings. The van der Waals surface area contributed by atoms with Crippen molar-refractivity contribution in [1.82, 2.24) is 10.3 Å². The van der Waals surface area contributed by atoms with E-state index in [4.69, 9.17) is 11.6 Å². The molecule has 0 unspecified atom stereocenters. The third-order valence-electron chi connectivity index (χ3n) is 2.41. The summed E-state index contributed by atoms with van der Waals surface area (Å²) >= 11 is 6.02. The number of nitrogens with one attached hydrogen (secondary N) is 1. The van der Waals surface area contributed by atoms with Crippen LogP contribution in [0.15, 0.2) is 24.0 Å². The minimum Gasteiger partial charge on any atom is -0.316 e. The van der Waals surface area contributed by atoms with Crippen molar-refractivity contribution in [2.75, 3.05) is 13.1 Å².